The Kier molecular flexibility index (Phi) is 2.97. The van der Waals surface area contributed by atoms with E-state index in [9.17, 15) is 4.55 Å². The zero-order valence-electron chi connectivity index (χ0n) is 6.83. The first-order valence-corrected chi connectivity index (χ1v) is 5.01. The van der Waals surface area contributed by atoms with Crippen LogP contribution in [0.25, 0.3) is 0 Å². The monoisotopic (exact) mass is 168 g/mol. The predicted octanol–water partition coefficient (Wildman–Crippen LogP) is 2.12. The molecule has 0 amide bonds. The average Bonchev–Trinajstić information content (AvgIpc) is 2.05. The largest absolute Gasteiger partial charge is 0.611 e. The molecule has 0 N–H and O–H groups in total. The SMILES string of the molecule is CC[S+]([O-])c1ccc(C)cc1. The molecule has 0 aliphatic rings. The second kappa shape index (κ2) is 3.79. The molecule has 0 aromatic heterocycles. The summed E-state index contributed by atoms with van der Waals surface area (Å²) in [4.78, 5) is 0.929. The molecule has 11 heavy (non-hydrogen) atoms. The van der Waals surface area contributed by atoms with Gasteiger partial charge in [0.15, 0.2) is 4.90 Å². The molecule has 1 atom stereocenters. The van der Waals surface area contributed by atoms with Gasteiger partial charge in [-0.05, 0) is 37.2 Å². The summed E-state index contributed by atoms with van der Waals surface area (Å²) in [6, 6.07) is 7.83. The Morgan fingerprint density at radius 2 is 1.82 bits per heavy atom. The Morgan fingerprint density at radius 3 is 2.27 bits per heavy atom. The maximum Gasteiger partial charge on any atom is 0.152 e. The van der Waals surface area contributed by atoms with Gasteiger partial charge in [0.1, 0.15) is 5.75 Å². The lowest BCUT2D eigenvalue weighted by atomic mass is 10.2. The predicted molar refractivity (Wildman–Crippen MR) is 48.1 cm³/mol. The molecule has 0 bridgehead atoms. The molecule has 0 radical (unpaired) electrons. The Labute approximate surface area is 70.6 Å². The second-order valence-electron chi connectivity index (χ2n) is 2.45. The zero-order valence-corrected chi connectivity index (χ0v) is 7.65. The van der Waals surface area contributed by atoms with Gasteiger partial charge in [-0.2, -0.15) is 0 Å². The summed E-state index contributed by atoms with van der Waals surface area (Å²) in [6.45, 7) is 3.95. The van der Waals surface area contributed by atoms with Crippen LogP contribution in [0.1, 0.15) is 12.5 Å². The van der Waals surface area contributed by atoms with E-state index in [1.54, 1.807) is 0 Å². The molecule has 0 fully saturated rings. The molecule has 0 saturated heterocycles. The van der Waals surface area contributed by atoms with E-state index in [1.165, 1.54) is 5.56 Å². The van der Waals surface area contributed by atoms with Crippen molar-refractivity contribution in [3.8, 4) is 0 Å². The summed E-state index contributed by atoms with van der Waals surface area (Å²) >= 11 is -0.799. The molecule has 0 aliphatic heterocycles. The molecule has 1 rings (SSSR count). The van der Waals surface area contributed by atoms with Gasteiger partial charge in [-0.15, -0.1) is 0 Å². The van der Waals surface area contributed by atoms with Crippen LogP contribution in [-0.2, 0) is 11.2 Å². The minimum absolute atomic E-state index is 0.697. The number of benzene rings is 1. The fourth-order valence-corrected chi connectivity index (χ4v) is 1.63. The highest BCUT2D eigenvalue weighted by molar-refractivity contribution is 7.91. The van der Waals surface area contributed by atoms with Crippen LogP contribution >= 0.6 is 0 Å². The van der Waals surface area contributed by atoms with E-state index in [1.807, 2.05) is 38.1 Å². The van der Waals surface area contributed by atoms with Crippen LogP contribution in [-0.4, -0.2) is 10.3 Å². The summed E-state index contributed by atoms with van der Waals surface area (Å²) in [5.74, 6) is 0.697. The number of aryl methyl sites for hydroxylation is 1. The van der Waals surface area contributed by atoms with Crippen molar-refractivity contribution in [1.29, 1.82) is 0 Å². The maximum atomic E-state index is 11.2. The minimum atomic E-state index is -0.799. The molecule has 1 aromatic carbocycles. The van der Waals surface area contributed by atoms with E-state index in [0.717, 1.165) is 4.90 Å². The van der Waals surface area contributed by atoms with Crippen LogP contribution in [0.2, 0.25) is 0 Å². The number of rotatable bonds is 2. The van der Waals surface area contributed by atoms with Crippen molar-refractivity contribution in [1.82, 2.24) is 0 Å². The Morgan fingerprint density at radius 1 is 1.27 bits per heavy atom. The van der Waals surface area contributed by atoms with E-state index in [2.05, 4.69) is 0 Å². The van der Waals surface area contributed by atoms with Crippen molar-refractivity contribution in [2.45, 2.75) is 18.7 Å². The van der Waals surface area contributed by atoms with Crippen molar-refractivity contribution in [3.63, 3.8) is 0 Å². The lowest BCUT2D eigenvalue weighted by molar-refractivity contribution is 0.596. The molecule has 2 heteroatoms. The average molecular weight is 168 g/mol. The molecule has 0 heterocycles. The normalized spacial score (nSPS) is 13.0. The number of hydrogen-bond acceptors (Lipinski definition) is 1. The first-order valence-electron chi connectivity index (χ1n) is 3.69. The molecule has 0 aliphatic carbocycles. The highest BCUT2D eigenvalue weighted by Crippen LogP contribution is 2.11. The van der Waals surface area contributed by atoms with Crippen LogP contribution in [0.15, 0.2) is 29.2 Å². The standard InChI is InChI=1S/C9H12OS/c1-3-11(10)9-6-4-8(2)5-7-9/h4-7H,3H2,1-2H3. The maximum absolute atomic E-state index is 11.2. The van der Waals surface area contributed by atoms with Crippen molar-refractivity contribution in [2.24, 2.45) is 0 Å². The third kappa shape index (κ3) is 2.24. The summed E-state index contributed by atoms with van der Waals surface area (Å²) in [6.07, 6.45) is 0. The third-order valence-electron chi connectivity index (χ3n) is 1.55. The summed E-state index contributed by atoms with van der Waals surface area (Å²) in [7, 11) is 0. The fourth-order valence-electron chi connectivity index (χ4n) is 0.857. The highest BCUT2D eigenvalue weighted by Gasteiger charge is 2.05. The van der Waals surface area contributed by atoms with Gasteiger partial charge in [-0.25, -0.2) is 0 Å². The lowest BCUT2D eigenvalue weighted by Gasteiger charge is -2.06. The highest BCUT2D eigenvalue weighted by atomic mass is 32.2. The summed E-state index contributed by atoms with van der Waals surface area (Å²) in [5.41, 5.74) is 1.21. The van der Waals surface area contributed by atoms with E-state index in [4.69, 9.17) is 0 Å². The van der Waals surface area contributed by atoms with Crippen molar-refractivity contribution >= 4 is 11.2 Å². The smallest absolute Gasteiger partial charge is 0.152 e. The summed E-state index contributed by atoms with van der Waals surface area (Å²) < 4.78 is 11.2. The van der Waals surface area contributed by atoms with Crippen molar-refractivity contribution in [3.05, 3.63) is 29.8 Å². The fraction of sp³-hybridized carbons (Fsp3) is 0.333. The topological polar surface area (TPSA) is 23.1 Å². The van der Waals surface area contributed by atoms with Gasteiger partial charge in [0, 0.05) is 0 Å². The van der Waals surface area contributed by atoms with E-state index in [0.29, 0.717) is 5.75 Å². The van der Waals surface area contributed by atoms with Crippen LogP contribution in [0.3, 0.4) is 0 Å². The molecule has 0 saturated carbocycles. The van der Waals surface area contributed by atoms with Gasteiger partial charge in [0.25, 0.3) is 0 Å². The minimum Gasteiger partial charge on any atom is -0.611 e. The molecule has 60 valence electrons. The molecule has 1 aromatic rings. The van der Waals surface area contributed by atoms with Gasteiger partial charge < -0.3 is 4.55 Å². The quantitative estimate of drug-likeness (QED) is 0.620. The van der Waals surface area contributed by atoms with E-state index in [-0.39, 0.29) is 0 Å². The molecular weight excluding hydrogens is 156 g/mol. The van der Waals surface area contributed by atoms with Crippen molar-refractivity contribution < 1.29 is 4.55 Å². The first kappa shape index (κ1) is 8.62. The van der Waals surface area contributed by atoms with E-state index >= 15 is 0 Å². The lowest BCUT2D eigenvalue weighted by Crippen LogP contribution is -2.02. The summed E-state index contributed by atoms with van der Waals surface area (Å²) in [5, 5.41) is 0. The zero-order chi connectivity index (χ0) is 8.27. The van der Waals surface area contributed by atoms with Crippen LogP contribution < -0.4 is 0 Å². The number of hydrogen-bond donors (Lipinski definition) is 0. The van der Waals surface area contributed by atoms with Crippen molar-refractivity contribution in [2.75, 3.05) is 5.75 Å². The van der Waals surface area contributed by atoms with Gasteiger partial charge in [-0.1, -0.05) is 17.7 Å². The van der Waals surface area contributed by atoms with Gasteiger partial charge in [0.2, 0.25) is 0 Å². The molecular formula is C9H12OS. The third-order valence-corrected chi connectivity index (χ3v) is 2.87. The van der Waals surface area contributed by atoms with Gasteiger partial charge in [0.05, 0.1) is 0 Å². The Bertz CT molecular complexity index is 218. The second-order valence-corrected chi connectivity index (χ2v) is 4.19. The Hall–Kier alpha value is -0.470. The van der Waals surface area contributed by atoms with Gasteiger partial charge >= 0.3 is 0 Å². The van der Waals surface area contributed by atoms with Crippen LogP contribution in [0, 0.1) is 6.92 Å². The van der Waals surface area contributed by atoms with Gasteiger partial charge in [-0.3, -0.25) is 0 Å². The first-order chi connectivity index (χ1) is 5.24. The van der Waals surface area contributed by atoms with Crippen LogP contribution in [0.4, 0.5) is 0 Å². The van der Waals surface area contributed by atoms with Crippen LogP contribution in [0.5, 0.6) is 0 Å². The Balaban J connectivity index is 2.81. The molecule has 1 nitrogen and oxygen atoms in total. The molecule has 0 spiro atoms. The van der Waals surface area contributed by atoms with E-state index < -0.39 is 11.2 Å². The molecule has 1 unspecified atom stereocenters.